The third-order valence-corrected chi connectivity index (χ3v) is 6.93. The Labute approximate surface area is 211 Å². The van der Waals surface area contributed by atoms with Crippen molar-refractivity contribution in [3.8, 4) is 22.5 Å². The minimum absolute atomic E-state index is 0.0312. The number of carbonyl (C=O) groups is 1. The molecule has 2 aromatic carbocycles. The van der Waals surface area contributed by atoms with Gasteiger partial charge in [0.2, 0.25) is 5.36 Å². The molecule has 0 atom stereocenters. The zero-order valence-corrected chi connectivity index (χ0v) is 21.6. The van der Waals surface area contributed by atoms with Crippen LogP contribution in [-0.2, 0) is 5.11 Å². The molecule has 1 aliphatic carbocycles. The first-order valence-electron chi connectivity index (χ1n) is 12.5. The molecule has 0 amide bonds. The van der Waals surface area contributed by atoms with Gasteiger partial charge in [-0.1, -0.05) is 6.07 Å². The molecular formula is C29H34N4O3+. The minimum atomic E-state index is -1.32. The summed E-state index contributed by atoms with van der Waals surface area (Å²) in [5.41, 5.74) is 10.8. The lowest BCUT2D eigenvalue weighted by atomic mass is 9.89. The Bertz CT molecular complexity index is 1460. The topological polar surface area (TPSA) is 94.4 Å². The van der Waals surface area contributed by atoms with Crippen molar-refractivity contribution in [1.82, 2.24) is 4.58 Å². The highest BCUT2D eigenvalue weighted by atomic mass is 16.4. The zero-order chi connectivity index (χ0) is 26.0. The summed E-state index contributed by atoms with van der Waals surface area (Å²) in [4.78, 5) is 14.6. The van der Waals surface area contributed by atoms with Crippen LogP contribution < -0.4 is 25.9 Å². The maximum absolute atomic E-state index is 12.3. The largest absolute Gasteiger partial charge is 0.456 e. The van der Waals surface area contributed by atoms with E-state index in [9.17, 15) is 9.90 Å². The second-order valence-corrected chi connectivity index (χ2v) is 8.67. The monoisotopic (exact) mass is 486 g/mol. The van der Waals surface area contributed by atoms with Crippen LogP contribution in [0.1, 0.15) is 38.1 Å². The molecule has 0 saturated heterocycles. The first kappa shape index (κ1) is 25.1. The van der Waals surface area contributed by atoms with Crippen LogP contribution in [0.15, 0.2) is 52.9 Å². The number of hydrogen-bond donors (Lipinski definition) is 2. The van der Waals surface area contributed by atoms with E-state index in [0.29, 0.717) is 22.6 Å². The van der Waals surface area contributed by atoms with Gasteiger partial charge in [0.15, 0.2) is 0 Å². The number of nitrogens with one attached hydrogen (secondary N) is 1. The Hall–Kier alpha value is -4.00. The summed E-state index contributed by atoms with van der Waals surface area (Å²) in [5, 5.41) is 17.2. The molecule has 0 aromatic heterocycles. The van der Waals surface area contributed by atoms with Crippen molar-refractivity contribution in [3.05, 3.63) is 59.5 Å². The van der Waals surface area contributed by atoms with Crippen LogP contribution in [-0.4, -0.2) is 39.2 Å². The summed E-state index contributed by atoms with van der Waals surface area (Å²) in [6.07, 6.45) is 0. The van der Waals surface area contributed by atoms with Gasteiger partial charge < -0.3 is 20.4 Å². The number of rotatable bonds is 8. The Morgan fingerprint density at radius 1 is 0.972 bits per heavy atom. The van der Waals surface area contributed by atoms with Gasteiger partial charge in [-0.25, -0.2) is 14.5 Å². The molecule has 2 aromatic rings. The summed E-state index contributed by atoms with van der Waals surface area (Å²) in [5.74, 6) is -0.639. The van der Waals surface area contributed by atoms with Crippen molar-refractivity contribution < 1.29 is 14.3 Å². The molecule has 0 bridgehead atoms. The van der Waals surface area contributed by atoms with E-state index in [2.05, 4.69) is 54.6 Å². The fourth-order valence-corrected chi connectivity index (χ4v) is 4.99. The van der Waals surface area contributed by atoms with E-state index < -0.39 is 5.97 Å². The van der Waals surface area contributed by atoms with E-state index >= 15 is 0 Å². The lowest BCUT2D eigenvalue weighted by Crippen LogP contribution is -2.29. The van der Waals surface area contributed by atoms with Crippen molar-refractivity contribution in [2.75, 3.05) is 49.2 Å². The molecule has 7 nitrogen and oxygen atoms in total. The molecule has 0 unspecified atom stereocenters. The average Bonchev–Trinajstić information content (AvgIpc) is 2.88. The summed E-state index contributed by atoms with van der Waals surface area (Å²) in [6.45, 7) is 11.9. The number of fused-ring (bicyclic) bond motifs is 2. The van der Waals surface area contributed by atoms with Crippen LogP contribution >= 0.6 is 0 Å². The second-order valence-electron chi connectivity index (χ2n) is 8.67. The van der Waals surface area contributed by atoms with Crippen LogP contribution in [0.5, 0.6) is 0 Å². The second kappa shape index (κ2) is 10.3. The SMILES string of the molecule is CCN(CC)c1ccc2c(-c3ccc(NC)c(N)c3C([O])=O)c3ccc(=[N+](CC)CC)cc-3oc2c1. The molecule has 1 radical (unpaired) electrons. The van der Waals surface area contributed by atoms with Crippen molar-refractivity contribution in [2.24, 2.45) is 0 Å². The number of hydrogen-bond acceptors (Lipinski definition) is 5. The number of nitrogens with zero attached hydrogens (tertiary/aromatic N) is 2. The molecule has 1 heterocycles. The van der Waals surface area contributed by atoms with Crippen molar-refractivity contribution in [1.29, 1.82) is 0 Å². The van der Waals surface area contributed by atoms with Crippen LogP contribution in [0, 0.1) is 0 Å². The van der Waals surface area contributed by atoms with Gasteiger partial charge in [0.05, 0.1) is 23.0 Å². The summed E-state index contributed by atoms with van der Waals surface area (Å²) in [6, 6.07) is 15.7. The van der Waals surface area contributed by atoms with E-state index in [1.807, 2.05) is 24.3 Å². The van der Waals surface area contributed by atoms with Gasteiger partial charge in [0, 0.05) is 60.0 Å². The number of anilines is 3. The molecule has 0 fully saturated rings. The lowest BCUT2D eigenvalue weighted by Gasteiger charge is -2.23. The highest BCUT2D eigenvalue weighted by molar-refractivity contribution is 6.11. The summed E-state index contributed by atoms with van der Waals surface area (Å²) < 4.78 is 8.73. The van der Waals surface area contributed by atoms with E-state index in [1.165, 1.54) is 0 Å². The van der Waals surface area contributed by atoms with Crippen molar-refractivity contribution >= 4 is 34.0 Å². The molecule has 3 N–H and O–H groups in total. The van der Waals surface area contributed by atoms with Crippen LogP contribution in [0.3, 0.4) is 0 Å². The summed E-state index contributed by atoms with van der Waals surface area (Å²) >= 11 is 0. The molecule has 0 saturated carbocycles. The van der Waals surface area contributed by atoms with Gasteiger partial charge in [0.25, 0.3) is 0 Å². The fourth-order valence-electron chi connectivity index (χ4n) is 4.99. The van der Waals surface area contributed by atoms with Gasteiger partial charge in [-0.15, -0.1) is 0 Å². The van der Waals surface area contributed by atoms with Gasteiger partial charge in [0.1, 0.15) is 24.4 Å². The molecule has 1 aliphatic heterocycles. The van der Waals surface area contributed by atoms with Gasteiger partial charge in [-0.2, -0.15) is 0 Å². The molecule has 36 heavy (non-hydrogen) atoms. The van der Waals surface area contributed by atoms with E-state index in [0.717, 1.165) is 53.7 Å². The maximum atomic E-state index is 12.3. The molecule has 2 aliphatic rings. The van der Waals surface area contributed by atoms with Gasteiger partial charge in [-0.05, 0) is 52.0 Å². The Morgan fingerprint density at radius 2 is 1.67 bits per heavy atom. The van der Waals surface area contributed by atoms with Crippen LogP contribution in [0.25, 0.3) is 33.4 Å². The Balaban J connectivity index is 2.17. The molecule has 0 spiro atoms. The van der Waals surface area contributed by atoms with E-state index in [1.54, 1.807) is 19.2 Å². The number of nitrogen functional groups attached to an aromatic ring is 1. The average molecular weight is 487 g/mol. The lowest BCUT2D eigenvalue weighted by molar-refractivity contribution is 0.0575. The first-order chi connectivity index (χ1) is 17.4. The minimum Gasteiger partial charge on any atom is -0.456 e. The van der Waals surface area contributed by atoms with E-state index in [4.69, 9.17) is 10.2 Å². The van der Waals surface area contributed by atoms with Crippen LogP contribution in [0.2, 0.25) is 0 Å². The number of nitrogens with two attached hydrogens (primary N) is 1. The highest BCUT2D eigenvalue weighted by Gasteiger charge is 2.26. The van der Waals surface area contributed by atoms with Gasteiger partial charge in [-0.3, -0.25) is 0 Å². The van der Waals surface area contributed by atoms with E-state index in [-0.39, 0.29) is 11.3 Å². The van der Waals surface area contributed by atoms with Crippen molar-refractivity contribution in [2.45, 2.75) is 27.7 Å². The van der Waals surface area contributed by atoms with Crippen LogP contribution in [0.4, 0.5) is 17.1 Å². The van der Waals surface area contributed by atoms with Crippen molar-refractivity contribution in [3.63, 3.8) is 0 Å². The smallest absolute Gasteiger partial charge is 0.389 e. The molecular weight excluding hydrogens is 452 g/mol. The molecule has 4 rings (SSSR count). The zero-order valence-electron chi connectivity index (χ0n) is 21.6. The molecule has 7 heteroatoms. The first-order valence-corrected chi connectivity index (χ1v) is 12.5. The van der Waals surface area contributed by atoms with Gasteiger partial charge >= 0.3 is 5.97 Å². The third-order valence-electron chi connectivity index (χ3n) is 6.93. The predicted octanol–water partition coefficient (Wildman–Crippen LogP) is 5.06. The highest BCUT2D eigenvalue weighted by Crippen LogP contribution is 2.44. The Morgan fingerprint density at radius 3 is 2.28 bits per heavy atom. The summed E-state index contributed by atoms with van der Waals surface area (Å²) in [7, 11) is 1.71. The normalized spacial score (nSPS) is 11.1. The number of carbonyl (C=O) groups excluding carboxylic acids is 1. The quantitative estimate of drug-likeness (QED) is 0.206. The third kappa shape index (κ3) is 4.26. The standard InChI is InChI=1S/C29H33N4O3/c1-6-32(7-2)18-10-12-20-24(16-18)36-25-17-19(33(8-3)9-4)11-13-21(25)26(20)22-14-15-23(31-5)28(30)27(22)29(34)35/h10-17H,6-9,30H2,1-5H3/p+1. The Kier molecular flexibility index (Phi) is 7.20. The molecule has 187 valence electrons. The fraction of sp³-hybridized carbons (Fsp3) is 0.310. The number of benzene rings is 3. The predicted molar refractivity (Wildman–Crippen MR) is 147 cm³/mol. The maximum Gasteiger partial charge on any atom is 0.389 e.